The van der Waals surface area contributed by atoms with Gasteiger partial charge in [0.15, 0.2) is 0 Å². The molecular weight excluding hydrogens is 346 g/mol. The molecule has 0 radical (unpaired) electrons. The highest BCUT2D eigenvalue weighted by molar-refractivity contribution is 5.23. The molecule has 2 N–H and O–H groups in total. The molecule has 1 aliphatic heterocycles. The van der Waals surface area contributed by atoms with Gasteiger partial charge in [0, 0.05) is 55.9 Å². The van der Waals surface area contributed by atoms with Crippen molar-refractivity contribution in [2.24, 2.45) is 0 Å². The molecule has 0 bridgehead atoms. The molecule has 3 rings (SSSR count). The van der Waals surface area contributed by atoms with Crippen molar-refractivity contribution in [3.05, 3.63) is 53.3 Å². The normalized spacial score (nSPS) is 16.5. The SMILES string of the molecule is CC(C)(C)c1[nH]ncc1CNCCCCN1CCN(Cc2ccccc2)CC1. The summed E-state index contributed by atoms with van der Waals surface area (Å²) in [5.41, 5.74) is 4.08. The maximum atomic E-state index is 4.22. The van der Waals surface area contributed by atoms with E-state index in [9.17, 15) is 0 Å². The van der Waals surface area contributed by atoms with E-state index < -0.39 is 0 Å². The van der Waals surface area contributed by atoms with Crippen molar-refractivity contribution in [1.82, 2.24) is 25.3 Å². The average Bonchev–Trinajstić information content (AvgIpc) is 3.16. The van der Waals surface area contributed by atoms with Gasteiger partial charge in [0.2, 0.25) is 0 Å². The van der Waals surface area contributed by atoms with Gasteiger partial charge in [0.1, 0.15) is 0 Å². The van der Waals surface area contributed by atoms with Crippen molar-refractivity contribution in [3.63, 3.8) is 0 Å². The lowest BCUT2D eigenvalue weighted by atomic mass is 9.89. The molecule has 1 aromatic heterocycles. The van der Waals surface area contributed by atoms with E-state index in [1.54, 1.807) is 0 Å². The first-order valence-electron chi connectivity index (χ1n) is 10.7. The molecule has 154 valence electrons. The highest BCUT2D eigenvalue weighted by Gasteiger charge is 2.19. The molecule has 1 fully saturated rings. The van der Waals surface area contributed by atoms with Crippen molar-refractivity contribution in [2.45, 2.75) is 52.1 Å². The first kappa shape index (κ1) is 21.0. The van der Waals surface area contributed by atoms with E-state index in [0.717, 1.165) is 19.6 Å². The van der Waals surface area contributed by atoms with Crippen LogP contribution in [0.3, 0.4) is 0 Å². The van der Waals surface area contributed by atoms with E-state index in [2.05, 4.69) is 76.4 Å². The van der Waals surface area contributed by atoms with E-state index in [0.29, 0.717) is 0 Å². The Morgan fingerprint density at radius 1 is 1.00 bits per heavy atom. The first-order valence-corrected chi connectivity index (χ1v) is 10.7. The second-order valence-electron chi connectivity index (χ2n) is 9.01. The number of hydrogen-bond donors (Lipinski definition) is 2. The van der Waals surface area contributed by atoms with Crippen LogP contribution >= 0.6 is 0 Å². The minimum Gasteiger partial charge on any atom is -0.313 e. The summed E-state index contributed by atoms with van der Waals surface area (Å²) >= 11 is 0. The van der Waals surface area contributed by atoms with Gasteiger partial charge < -0.3 is 10.2 Å². The third-order valence-corrected chi connectivity index (χ3v) is 5.58. The third-order valence-electron chi connectivity index (χ3n) is 5.58. The van der Waals surface area contributed by atoms with Gasteiger partial charge in [-0.25, -0.2) is 0 Å². The fourth-order valence-electron chi connectivity index (χ4n) is 3.92. The van der Waals surface area contributed by atoms with Crippen LogP contribution in [-0.2, 0) is 18.5 Å². The number of aromatic nitrogens is 2. The summed E-state index contributed by atoms with van der Waals surface area (Å²) in [6.07, 6.45) is 4.46. The summed E-state index contributed by atoms with van der Waals surface area (Å²) in [5, 5.41) is 11.0. The number of aromatic amines is 1. The molecule has 1 aromatic carbocycles. The number of H-pyrrole nitrogens is 1. The minimum absolute atomic E-state index is 0.121. The highest BCUT2D eigenvalue weighted by atomic mass is 15.3. The van der Waals surface area contributed by atoms with Crippen molar-refractivity contribution in [3.8, 4) is 0 Å². The van der Waals surface area contributed by atoms with E-state index in [4.69, 9.17) is 0 Å². The number of unbranched alkanes of at least 4 members (excludes halogenated alkanes) is 1. The third kappa shape index (κ3) is 6.43. The maximum absolute atomic E-state index is 4.22. The summed E-state index contributed by atoms with van der Waals surface area (Å²) in [4.78, 5) is 5.19. The second kappa shape index (κ2) is 10.2. The van der Waals surface area contributed by atoms with Crippen LogP contribution in [0.4, 0.5) is 0 Å². The Morgan fingerprint density at radius 2 is 1.71 bits per heavy atom. The molecule has 2 aromatic rings. The van der Waals surface area contributed by atoms with Crippen molar-refractivity contribution < 1.29 is 0 Å². The van der Waals surface area contributed by atoms with Gasteiger partial charge in [-0.05, 0) is 31.5 Å². The highest BCUT2D eigenvalue weighted by Crippen LogP contribution is 2.23. The lowest BCUT2D eigenvalue weighted by molar-refractivity contribution is 0.125. The molecule has 0 aliphatic carbocycles. The minimum atomic E-state index is 0.121. The van der Waals surface area contributed by atoms with E-state index in [1.807, 2.05) is 6.20 Å². The van der Waals surface area contributed by atoms with Gasteiger partial charge in [-0.15, -0.1) is 0 Å². The Kier molecular flexibility index (Phi) is 7.65. The molecule has 2 heterocycles. The summed E-state index contributed by atoms with van der Waals surface area (Å²) in [7, 11) is 0. The Hall–Kier alpha value is -1.69. The number of nitrogens with one attached hydrogen (secondary N) is 2. The number of hydrogen-bond acceptors (Lipinski definition) is 4. The molecule has 0 unspecified atom stereocenters. The van der Waals surface area contributed by atoms with Gasteiger partial charge in [-0.2, -0.15) is 5.10 Å². The number of piperazine rings is 1. The van der Waals surface area contributed by atoms with Crippen LogP contribution in [0, 0.1) is 0 Å². The first-order chi connectivity index (χ1) is 13.5. The second-order valence-corrected chi connectivity index (χ2v) is 9.01. The lowest BCUT2D eigenvalue weighted by Crippen LogP contribution is -2.46. The zero-order valence-electron chi connectivity index (χ0n) is 17.9. The number of rotatable bonds is 9. The van der Waals surface area contributed by atoms with Crippen molar-refractivity contribution >= 4 is 0 Å². The Labute approximate surface area is 170 Å². The number of benzene rings is 1. The molecule has 0 spiro atoms. The molecule has 5 nitrogen and oxygen atoms in total. The van der Waals surface area contributed by atoms with E-state index in [-0.39, 0.29) is 5.41 Å². The summed E-state index contributed by atoms with van der Waals surface area (Å²) < 4.78 is 0. The van der Waals surface area contributed by atoms with Crippen LogP contribution in [0.15, 0.2) is 36.5 Å². The quantitative estimate of drug-likeness (QED) is 0.652. The molecule has 5 heteroatoms. The molecule has 28 heavy (non-hydrogen) atoms. The topological polar surface area (TPSA) is 47.2 Å². The predicted octanol–water partition coefficient (Wildman–Crippen LogP) is 3.39. The van der Waals surface area contributed by atoms with Gasteiger partial charge in [-0.3, -0.25) is 10.00 Å². The maximum Gasteiger partial charge on any atom is 0.0535 e. The average molecular weight is 384 g/mol. The largest absolute Gasteiger partial charge is 0.313 e. The standard InChI is InChI=1S/C23H37N5/c1-23(2,3)22-21(18-25-26-22)17-24-11-7-8-12-27-13-15-28(16-14-27)19-20-9-5-4-6-10-20/h4-6,9-10,18,24H,7-8,11-17,19H2,1-3H3,(H,25,26). The van der Waals surface area contributed by atoms with Crippen LogP contribution in [0.25, 0.3) is 0 Å². The smallest absolute Gasteiger partial charge is 0.0535 e. The summed E-state index contributed by atoms with van der Waals surface area (Å²) in [5.74, 6) is 0. The zero-order valence-corrected chi connectivity index (χ0v) is 17.9. The van der Waals surface area contributed by atoms with Crippen molar-refractivity contribution in [1.29, 1.82) is 0 Å². The zero-order chi connectivity index (χ0) is 19.8. The predicted molar refractivity (Wildman–Crippen MR) is 116 cm³/mol. The van der Waals surface area contributed by atoms with Crippen LogP contribution in [-0.4, -0.2) is 59.3 Å². The monoisotopic (exact) mass is 383 g/mol. The van der Waals surface area contributed by atoms with Crippen LogP contribution in [0.5, 0.6) is 0 Å². The number of nitrogens with zero attached hydrogens (tertiary/aromatic N) is 3. The molecule has 1 saturated heterocycles. The van der Waals surface area contributed by atoms with Crippen molar-refractivity contribution in [2.75, 3.05) is 39.3 Å². The Balaban J connectivity index is 1.25. The van der Waals surface area contributed by atoms with E-state index >= 15 is 0 Å². The fourth-order valence-corrected chi connectivity index (χ4v) is 3.92. The van der Waals surface area contributed by atoms with E-state index in [1.165, 1.54) is 62.4 Å². The molecular formula is C23H37N5. The molecule has 0 amide bonds. The Bertz CT molecular complexity index is 681. The molecule has 0 atom stereocenters. The van der Waals surface area contributed by atoms with Gasteiger partial charge in [0.25, 0.3) is 0 Å². The van der Waals surface area contributed by atoms with Crippen LogP contribution in [0.1, 0.15) is 50.4 Å². The van der Waals surface area contributed by atoms with Gasteiger partial charge in [0.05, 0.1) is 6.20 Å². The molecule has 0 saturated carbocycles. The van der Waals surface area contributed by atoms with Gasteiger partial charge in [-0.1, -0.05) is 51.1 Å². The molecule has 1 aliphatic rings. The fraction of sp³-hybridized carbons (Fsp3) is 0.609. The van der Waals surface area contributed by atoms with Gasteiger partial charge >= 0.3 is 0 Å². The lowest BCUT2D eigenvalue weighted by Gasteiger charge is -2.34. The summed E-state index contributed by atoms with van der Waals surface area (Å²) in [6.45, 7) is 15.7. The van der Waals surface area contributed by atoms with Crippen LogP contribution < -0.4 is 5.32 Å². The summed E-state index contributed by atoms with van der Waals surface area (Å²) in [6, 6.07) is 10.8. The Morgan fingerprint density at radius 3 is 2.43 bits per heavy atom. The van der Waals surface area contributed by atoms with Crippen LogP contribution in [0.2, 0.25) is 0 Å².